The number of unbranched alkanes of at least 4 members (excludes halogenated alkanes) is 1. The van der Waals surface area contributed by atoms with Crippen LogP contribution in [0.25, 0.3) is 0 Å². The lowest BCUT2D eigenvalue weighted by molar-refractivity contribution is 0.252. The Bertz CT molecular complexity index is 347. The lowest BCUT2D eigenvalue weighted by Gasteiger charge is -2.06. The van der Waals surface area contributed by atoms with E-state index >= 15 is 0 Å². The SMILES string of the molecule is CCCCNC(=O)Nc1nc(C)nc(N)n1. The monoisotopic (exact) mass is 224 g/mol. The lowest BCUT2D eigenvalue weighted by atomic mass is 10.3. The second kappa shape index (κ2) is 5.84. The van der Waals surface area contributed by atoms with Crippen molar-refractivity contribution in [2.24, 2.45) is 0 Å². The zero-order valence-electron chi connectivity index (χ0n) is 9.45. The summed E-state index contributed by atoms with van der Waals surface area (Å²) in [5.41, 5.74) is 5.42. The lowest BCUT2D eigenvalue weighted by Crippen LogP contribution is -2.30. The van der Waals surface area contributed by atoms with E-state index in [0.717, 1.165) is 12.8 Å². The summed E-state index contributed by atoms with van der Waals surface area (Å²) in [7, 11) is 0. The average Bonchev–Trinajstić information content (AvgIpc) is 2.16. The summed E-state index contributed by atoms with van der Waals surface area (Å²) >= 11 is 0. The molecule has 0 aliphatic carbocycles. The number of hydrogen-bond donors (Lipinski definition) is 3. The summed E-state index contributed by atoms with van der Waals surface area (Å²) in [5, 5.41) is 5.17. The van der Waals surface area contributed by atoms with Crippen LogP contribution in [0, 0.1) is 6.92 Å². The molecule has 0 radical (unpaired) electrons. The number of aryl methyl sites for hydroxylation is 1. The summed E-state index contributed by atoms with van der Waals surface area (Å²) in [5.74, 6) is 0.728. The minimum Gasteiger partial charge on any atom is -0.368 e. The number of nitrogen functional groups attached to an aromatic ring is 1. The molecule has 4 N–H and O–H groups in total. The van der Waals surface area contributed by atoms with E-state index in [2.05, 4.69) is 32.5 Å². The van der Waals surface area contributed by atoms with E-state index in [0.29, 0.717) is 12.4 Å². The third-order valence-corrected chi connectivity index (χ3v) is 1.81. The van der Waals surface area contributed by atoms with Crippen LogP contribution < -0.4 is 16.4 Å². The quantitative estimate of drug-likeness (QED) is 0.652. The molecule has 7 nitrogen and oxygen atoms in total. The third-order valence-electron chi connectivity index (χ3n) is 1.81. The molecular weight excluding hydrogens is 208 g/mol. The first-order chi connectivity index (χ1) is 7.61. The topological polar surface area (TPSA) is 106 Å². The third kappa shape index (κ3) is 4.07. The molecule has 1 aromatic rings. The Morgan fingerprint density at radius 2 is 2.12 bits per heavy atom. The first-order valence-corrected chi connectivity index (χ1v) is 5.15. The average molecular weight is 224 g/mol. The van der Waals surface area contributed by atoms with Gasteiger partial charge in [0, 0.05) is 6.54 Å². The van der Waals surface area contributed by atoms with Crippen LogP contribution in [-0.4, -0.2) is 27.5 Å². The molecule has 0 fully saturated rings. The van der Waals surface area contributed by atoms with E-state index in [1.165, 1.54) is 0 Å². The molecule has 1 heterocycles. The maximum absolute atomic E-state index is 11.3. The molecule has 88 valence electrons. The fraction of sp³-hybridized carbons (Fsp3) is 0.556. The number of rotatable bonds is 4. The number of anilines is 2. The number of nitrogens with two attached hydrogens (primary N) is 1. The van der Waals surface area contributed by atoms with Crippen molar-refractivity contribution in [3.05, 3.63) is 5.82 Å². The molecule has 7 heteroatoms. The van der Waals surface area contributed by atoms with E-state index in [1.807, 2.05) is 0 Å². The molecule has 16 heavy (non-hydrogen) atoms. The number of amides is 2. The predicted octanol–water partition coefficient (Wildman–Crippen LogP) is 0.684. The van der Waals surface area contributed by atoms with E-state index in [9.17, 15) is 4.79 Å². The highest BCUT2D eigenvalue weighted by atomic mass is 16.2. The van der Waals surface area contributed by atoms with E-state index < -0.39 is 0 Å². The predicted molar refractivity (Wildman–Crippen MR) is 60.9 cm³/mol. The molecule has 0 spiro atoms. The number of aromatic nitrogens is 3. The van der Waals surface area contributed by atoms with Crippen LogP contribution in [0.15, 0.2) is 0 Å². The molecule has 1 rings (SSSR count). The van der Waals surface area contributed by atoms with Gasteiger partial charge in [-0.25, -0.2) is 4.79 Å². The zero-order valence-corrected chi connectivity index (χ0v) is 9.45. The number of carbonyl (C=O) groups excluding carboxylic acids is 1. The standard InChI is InChI=1S/C9H16N6O/c1-3-4-5-11-9(16)15-8-13-6(2)12-7(10)14-8/h3-5H2,1-2H3,(H4,10,11,12,13,14,15,16). The molecule has 0 saturated carbocycles. The highest BCUT2D eigenvalue weighted by Gasteiger charge is 2.05. The molecule has 0 bridgehead atoms. The van der Waals surface area contributed by atoms with Gasteiger partial charge in [0.2, 0.25) is 11.9 Å². The second-order valence-corrected chi connectivity index (χ2v) is 3.30. The highest BCUT2D eigenvalue weighted by molar-refractivity contribution is 5.87. The molecule has 2 amide bonds. The van der Waals surface area contributed by atoms with Gasteiger partial charge in [0.1, 0.15) is 5.82 Å². The molecule has 0 saturated heterocycles. The van der Waals surface area contributed by atoms with Crippen molar-refractivity contribution in [2.75, 3.05) is 17.6 Å². The van der Waals surface area contributed by atoms with Crippen molar-refractivity contribution in [3.8, 4) is 0 Å². The van der Waals surface area contributed by atoms with Crippen molar-refractivity contribution in [1.29, 1.82) is 0 Å². The van der Waals surface area contributed by atoms with Crippen LogP contribution in [0.2, 0.25) is 0 Å². The molecule has 0 aliphatic heterocycles. The number of nitrogens with zero attached hydrogens (tertiary/aromatic N) is 3. The van der Waals surface area contributed by atoms with Gasteiger partial charge < -0.3 is 11.1 Å². The van der Waals surface area contributed by atoms with Gasteiger partial charge in [0.05, 0.1) is 0 Å². The zero-order chi connectivity index (χ0) is 12.0. The fourth-order valence-electron chi connectivity index (χ4n) is 1.08. The van der Waals surface area contributed by atoms with Gasteiger partial charge >= 0.3 is 6.03 Å². The van der Waals surface area contributed by atoms with E-state index in [-0.39, 0.29) is 17.9 Å². The van der Waals surface area contributed by atoms with Crippen molar-refractivity contribution in [2.45, 2.75) is 26.7 Å². The molecule has 0 atom stereocenters. The van der Waals surface area contributed by atoms with Crippen LogP contribution in [0.5, 0.6) is 0 Å². The van der Waals surface area contributed by atoms with E-state index in [1.54, 1.807) is 6.92 Å². The van der Waals surface area contributed by atoms with Gasteiger partial charge in [-0.15, -0.1) is 0 Å². The molecule has 0 unspecified atom stereocenters. The Kier molecular flexibility index (Phi) is 4.43. The normalized spacial score (nSPS) is 9.88. The molecular formula is C9H16N6O. The summed E-state index contributed by atoms with van der Waals surface area (Å²) in [6.45, 7) is 4.36. The number of urea groups is 1. The minimum atomic E-state index is -0.335. The van der Waals surface area contributed by atoms with Crippen LogP contribution in [0.3, 0.4) is 0 Å². The van der Waals surface area contributed by atoms with Gasteiger partial charge in [-0.1, -0.05) is 13.3 Å². The number of carbonyl (C=O) groups is 1. The number of hydrogen-bond acceptors (Lipinski definition) is 5. The Morgan fingerprint density at radius 1 is 1.38 bits per heavy atom. The Hall–Kier alpha value is -1.92. The van der Waals surface area contributed by atoms with Crippen LogP contribution in [-0.2, 0) is 0 Å². The van der Waals surface area contributed by atoms with Gasteiger partial charge in [-0.2, -0.15) is 15.0 Å². The van der Waals surface area contributed by atoms with Crippen molar-refractivity contribution in [1.82, 2.24) is 20.3 Å². The van der Waals surface area contributed by atoms with Crippen molar-refractivity contribution in [3.63, 3.8) is 0 Å². The molecule has 1 aromatic heterocycles. The van der Waals surface area contributed by atoms with Gasteiger partial charge in [-0.05, 0) is 13.3 Å². The van der Waals surface area contributed by atoms with Crippen LogP contribution >= 0.6 is 0 Å². The summed E-state index contributed by atoms with van der Waals surface area (Å²) in [4.78, 5) is 22.9. The Morgan fingerprint density at radius 3 is 2.75 bits per heavy atom. The summed E-state index contributed by atoms with van der Waals surface area (Å²) in [6, 6.07) is -0.335. The largest absolute Gasteiger partial charge is 0.368 e. The Labute approximate surface area is 93.9 Å². The van der Waals surface area contributed by atoms with Crippen LogP contribution in [0.4, 0.5) is 16.7 Å². The number of nitrogens with one attached hydrogen (secondary N) is 2. The van der Waals surface area contributed by atoms with E-state index in [4.69, 9.17) is 5.73 Å². The maximum Gasteiger partial charge on any atom is 0.321 e. The van der Waals surface area contributed by atoms with Crippen LogP contribution in [0.1, 0.15) is 25.6 Å². The van der Waals surface area contributed by atoms with Crippen molar-refractivity contribution < 1.29 is 4.79 Å². The summed E-state index contributed by atoms with van der Waals surface area (Å²) in [6.07, 6.45) is 1.96. The second-order valence-electron chi connectivity index (χ2n) is 3.30. The van der Waals surface area contributed by atoms with Gasteiger partial charge in [-0.3, -0.25) is 5.32 Å². The molecule has 0 aliphatic rings. The fourth-order valence-corrected chi connectivity index (χ4v) is 1.08. The highest BCUT2D eigenvalue weighted by Crippen LogP contribution is 2.00. The first kappa shape index (κ1) is 12.2. The molecule has 0 aromatic carbocycles. The van der Waals surface area contributed by atoms with Gasteiger partial charge in [0.15, 0.2) is 0 Å². The Balaban J connectivity index is 2.49. The van der Waals surface area contributed by atoms with Gasteiger partial charge in [0.25, 0.3) is 0 Å². The summed E-state index contributed by atoms with van der Waals surface area (Å²) < 4.78 is 0. The smallest absolute Gasteiger partial charge is 0.321 e. The first-order valence-electron chi connectivity index (χ1n) is 5.15. The van der Waals surface area contributed by atoms with Crippen molar-refractivity contribution >= 4 is 17.9 Å². The minimum absolute atomic E-state index is 0.0939. The maximum atomic E-state index is 11.3.